The van der Waals surface area contributed by atoms with Crippen LogP contribution in [0, 0.1) is 23.7 Å². The summed E-state index contributed by atoms with van der Waals surface area (Å²) in [5, 5.41) is 10.6. The third-order valence-corrected chi connectivity index (χ3v) is 18.6. The fourth-order valence-corrected chi connectivity index (χ4v) is 12.2. The quantitative estimate of drug-likeness (QED) is 0.0222. The Morgan fingerprint density at radius 2 is 0.533 bits per heavy atom. The van der Waals surface area contributed by atoms with Crippen molar-refractivity contribution in [2.45, 2.75) is 369 Å². The maximum absolute atomic E-state index is 13.0. The van der Waals surface area contributed by atoms with E-state index in [9.17, 15) is 43.2 Å². The lowest BCUT2D eigenvalue weighted by Gasteiger charge is -2.21. The summed E-state index contributed by atoms with van der Waals surface area (Å²) < 4.78 is 68.3. The fraction of sp³-hybridized carbons (Fsp3) is 0.944. The molecule has 0 radical (unpaired) electrons. The van der Waals surface area contributed by atoms with Crippen molar-refractivity contribution in [1.29, 1.82) is 0 Å². The summed E-state index contributed by atoms with van der Waals surface area (Å²) in [6.07, 6.45) is 43.0. The van der Waals surface area contributed by atoms with Crippen LogP contribution in [0.2, 0.25) is 0 Å². The summed E-state index contributed by atoms with van der Waals surface area (Å²) >= 11 is 0. The molecule has 19 heteroatoms. The van der Waals surface area contributed by atoms with Crippen LogP contribution in [-0.2, 0) is 65.4 Å². The van der Waals surface area contributed by atoms with Gasteiger partial charge in [0.05, 0.1) is 26.4 Å². The van der Waals surface area contributed by atoms with Crippen LogP contribution in [0.3, 0.4) is 0 Å². The Bertz CT molecular complexity index is 1780. The molecule has 534 valence electrons. The zero-order valence-corrected chi connectivity index (χ0v) is 60.6. The van der Waals surface area contributed by atoms with Gasteiger partial charge < -0.3 is 33.8 Å². The average Bonchev–Trinajstić information content (AvgIpc) is 2.90. The summed E-state index contributed by atoms with van der Waals surface area (Å²) in [7, 11) is -9.90. The minimum atomic E-state index is -4.95. The van der Waals surface area contributed by atoms with Crippen molar-refractivity contribution in [2.24, 2.45) is 23.7 Å². The lowest BCUT2D eigenvalue weighted by atomic mass is 9.99. The fourth-order valence-electron chi connectivity index (χ4n) is 10.6. The Morgan fingerprint density at radius 3 is 0.789 bits per heavy atom. The highest BCUT2D eigenvalue weighted by molar-refractivity contribution is 7.47. The van der Waals surface area contributed by atoms with Crippen LogP contribution < -0.4 is 0 Å². The molecule has 6 atom stereocenters. The van der Waals surface area contributed by atoms with Crippen LogP contribution in [0.25, 0.3) is 0 Å². The van der Waals surface area contributed by atoms with E-state index in [1.165, 1.54) is 148 Å². The number of hydrogen-bond donors (Lipinski definition) is 3. The number of carbonyl (C=O) groups excluding carboxylic acids is 4. The first-order valence-corrected chi connectivity index (χ1v) is 39.7. The van der Waals surface area contributed by atoms with Crippen LogP contribution in [0.1, 0.15) is 351 Å². The van der Waals surface area contributed by atoms with E-state index in [1.54, 1.807) is 0 Å². The lowest BCUT2D eigenvalue weighted by molar-refractivity contribution is -0.161. The summed E-state index contributed by atoms with van der Waals surface area (Å²) in [5.74, 6) is 0.882. The minimum Gasteiger partial charge on any atom is -0.462 e. The van der Waals surface area contributed by atoms with Crippen LogP contribution in [0.4, 0.5) is 0 Å². The minimum absolute atomic E-state index is 0.104. The van der Waals surface area contributed by atoms with Crippen LogP contribution in [0.5, 0.6) is 0 Å². The van der Waals surface area contributed by atoms with Crippen LogP contribution in [0.15, 0.2) is 0 Å². The van der Waals surface area contributed by atoms with Gasteiger partial charge in [-0.15, -0.1) is 0 Å². The zero-order chi connectivity index (χ0) is 66.8. The zero-order valence-electron chi connectivity index (χ0n) is 58.8. The Kier molecular flexibility index (Phi) is 59.4. The second kappa shape index (κ2) is 60.7. The Morgan fingerprint density at radius 1 is 0.311 bits per heavy atom. The van der Waals surface area contributed by atoms with E-state index in [-0.39, 0.29) is 25.7 Å². The molecule has 0 aliphatic carbocycles. The van der Waals surface area contributed by atoms with E-state index in [0.717, 1.165) is 114 Å². The molecule has 0 spiro atoms. The normalized spacial score (nSPS) is 14.6. The van der Waals surface area contributed by atoms with E-state index < -0.39 is 97.5 Å². The van der Waals surface area contributed by atoms with E-state index in [4.69, 9.17) is 37.0 Å². The number of ether oxygens (including phenoxy) is 4. The first-order valence-electron chi connectivity index (χ1n) is 36.7. The molecule has 0 aliphatic rings. The predicted molar refractivity (Wildman–Crippen MR) is 363 cm³/mol. The van der Waals surface area contributed by atoms with Gasteiger partial charge >= 0.3 is 39.5 Å². The number of phosphoric acid groups is 2. The second-order valence-corrected chi connectivity index (χ2v) is 30.2. The van der Waals surface area contributed by atoms with E-state index in [1.807, 2.05) is 0 Å². The molecule has 17 nitrogen and oxygen atoms in total. The molecule has 0 aromatic carbocycles. The van der Waals surface area contributed by atoms with Crippen molar-refractivity contribution in [3.8, 4) is 0 Å². The monoisotopic (exact) mass is 1320 g/mol. The number of phosphoric ester groups is 2. The lowest BCUT2D eigenvalue weighted by Crippen LogP contribution is -2.30. The molecule has 0 amide bonds. The van der Waals surface area contributed by atoms with Crippen molar-refractivity contribution in [2.75, 3.05) is 39.6 Å². The number of hydrogen-bond acceptors (Lipinski definition) is 15. The van der Waals surface area contributed by atoms with Crippen molar-refractivity contribution in [1.82, 2.24) is 0 Å². The number of carbonyl (C=O) groups is 4. The number of aliphatic hydroxyl groups is 1. The van der Waals surface area contributed by atoms with Gasteiger partial charge in [-0.3, -0.25) is 37.3 Å². The molecule has 0 heterocycles. The van der Waals surface area contributed by atoms with E-state index in [0.29, 0.717) is 31.6 Å². The largest absolute Gasteiger partial charge is 0.472 e. The smallest absolute Gasteiger partial charge is 0.462 e. The molecule has 0 saturated heterocycles. The third-order valence-electron chi connectivity index (χ3n) is 16.7. The van der Waals surface area contributed by atoms with Gasteiger partial charge in [0.15, 0.2) is 12.2 Å². The maximum Gasteiger partial charge on any atom is 0.472 e. The number of aliphatic hydroxyl groups excluding tert-OH is 1. The van der Waals surface area contributed by atoms with E-state index in [2.05, 4.69) is 55.4 Å². The number of unbranched alkanes of at least 4 members (excludes halogenated alkanes) is 33. The third kappa shape index (κ3) is 63.5. The summed E-state index contributed by atoms with van der Waals surface area (Å²) in [6, 6.07) is 0. The Labute approximate surface area is 549 Å². The van der Waals surface area contributed by atoms with Gasteiger partial charge in [0, 0.05) is 25.7 Å². The molecule has 0 saturated carbocycles. The summed E-state index contributed by atoms with van der Waals surface area (Å²) in [4.78, 5) is 72.6. The predicted octanol–water partition coefficient (Wildman–Crippen LogP) is 20.1. The first-order chi connectivity index (χ1) is 43.1. The molecule has 0 aromatic heterocycles. The first kappa shape index (κ1) is 88.1. The second-order valence-electron chi connectivity index (χ2n) is 27.3. The molecule has 0 aliphatic heterocycles. The molecule has 0 aromatic rings. The van der Waals surface area contributed by atoms with Gasteiger partial charge in [-0.1, -0.05) is 299 Å². The number of rotatable bonds is 68. The molecule has 0 rings (SSSR count). The topological polar surface area (TPSA) is 237 Å². The van der Waals surface area contributed by atoms with Gasteiger partial charge in [0.25, 0.3) is 0 Å². The van der Waals surface area contributed by atoms with Gasteiger partial charge in [-0.05, 0) is 49.4 Å². The molecular weight excluding hydrogens is 1190 g/mol. The van der Waals surface area contributed by atoms with Gasteiger partial charge in [-0.2, -0.15) is 0 Å². The van der Waals surface area contributed by atoms with Crippen LogP contribution >= 0.6 is 15.6 Å². The van der Waals surface area contributed by atoms with Crippen molar-refractivity contribution in [3.05, 3.63) is 0 Å². The molecule has 0 fully saturated rings. The maximum atomic E-state index is 13.0. The highest BCUT2D eigenvalue weighted by Gasteiger charge is 2.30. The van der Waals surface area contributed by atoms with Gasteiger partial charge in [0.2, 0.25) is 0 Å². The molecule has 90 heavy (non-hydrogen) atoms. The molecule has 0 bridgehead atoms. The highest BCUT2D eigenvalue weighted by atomic mass is 31.2. The number of esters is 4. The molecule has 3 N–H and O–H groups in total. The standard InChI is InChI=1S/C71H138O17P2/c1-9-64(8)50-42-34-26-20-21-29-38-46-54-71(76)88-66(57-81-68(73)51-43-35-27-18-14-10-12-16-23-31-39-47-61(2)3)59-85-89(77,78)83-55-65(72)56-84-90(79,80)86-60-67(58-82-69(74)52-44-36-30-22-25-33-41-49-63(6)7)87-70(75)53-45-37-28-19-15-11-13-17-24-32-40-48-62(4)5/h61-67,72H,9-60H2,1-8H3,(H,77,78)(H,79,80)/t64?,65?,66-,67-/m1/s1. The van der Waals surface area contributed by atoms with E-state index >= 15 is 0 Å². The highest BCUT2D eigenvalue weighted by Crippen LogP contribution is 2.45. The van der Waals surface area contributed by atoms with Crippen LogP contribution in [-0.4, -0.2) is 96.7 Å². The SMILES string of the molecule is CCC(C)CCCCCCCCCCC(=O)O[C@H](COC(=O)CCCCCCCCCCCCCC(C)C)COP(=O)(O)OCC(O)COP(=O)(O)OC[C@@H](COC(=O)CCCCCCCCCC(C)C)OC(=O)CCCCCCCCCCCCCC(C)C. The van der Waals surface area contributed by atoms with Crippen molar-refractivity contribution >= 4 is 39.5 Å². The summed E-state index contributed by atoms with van der Waals surface area (Å²) in [6.45, 7) is 14.1. The molecule has 4 unspecified atom stereocenters. The van der Waals surface area contributed by atoms with Gasteiger partial charge in [0.1, 0.15) is 19.3 Å². The molecular formula is C71H138O17P2. The Hall–Kier alpha value is -1.94. The van der Waals surface area contributed by atoms with Gasteiger partial charge in [-0.25, -0.2) is 9.13 Å². The van der Waals surface area contributed by atoms with Crippen molar-refractivity contribution in [3.63, 3.8) is 0 Å². The summed E-state index contributed by atoms with van der Waals surface area (Å²) in [5.41, 5.74) is 0. The Balaban J connectivity index is 5.26. The average molecular weight is 1330 g/mol. The van der Waals surface area contributed by atoms with Crippen molar-refractivity contribution < 1.29 is 80.2 Å².